The smallest absolute Gasteiger partial charge is 0.130 e. The molecule has 0 radical (unpaired) electrons. The third-order valence-corrected chi connectivity index (χ3v) is 10.6. The lowest BCUT2D eigenvalue weighted by Crippen LogP contribution is -2.55. The van der Waals surface area contributed by atoms with Crippen LogP contribution < -0.4 is 0 Å². The molecule has 2 unspecified atom stereocenters. The Kier molecular flexibility index (Phi) is 4.40. The molecule has 6 rings (SSSR count). The van der Waals surface area contributed by atoms with Gasteiger partial charge in [0.05, 0.1) is 18.6 Å². The van der Waals surface area contributed by atoms with Crippen LogP contribution in [0.1, 0.15) is 78.1 Å². The highest BCUT2D eigenvalue weighted by molar-refractivity contribution is 5.67. The van der Waals surface area contributed by atoms with E-state index in [1.807, 2.05) is 0 Å². The third kappa shape index (κ3) is 2.52. The van der Waals surface area contributed by atoms with Gasteiger partial charge in [-0.1, -0.05) is 18.6 Å². The first-order valence-electron chi connectivity index (χ1n) is 12.2. The molecule has 0 aromatic carbocycles. The highest BCUT2D eigenvalue weighted by atomic mass is 17.2. The summed E-state index contributed by atoms with van der Waals surface area (Å²) in [6.45, 7) is 6.18. The van der Waals surface area contributed by atoms with Gasteiger partial charge in [-0.15, -0.1) is 0 Å². The lowest BCUT2D eigenvalue weighted by atomic mass is 9.46. The Morgan fingerprint density at radius 2 is 1.77 bits per heavy atom. The number of fused-ring (bicyclic) bond motifs is 5. The summed E-state index contributed by atoms with van der Waals surface area (Å²) in [5.74, 6) is 2.33. The molecular weight excluding hydrogens is 380 g/mol. The number of hydrogen-bond donors (Lipinski definition) is 0. The van der Waals surface area contributed by atoms with E-state index in [0.717, 1.165) is 44.9 Å². The summed E-state index contributed by atoms with van der Waals surface area (Å²) < 4.78 is 0. The van der Waals surface area contributed by atoms with Crippen LogP contribution in [0.4, 0.5) is 0 Å². The molecule has 3 saturated carbocycles. The third-order valence-electron chi connectivity index (χ3n) is 10.6. The van der Waals surface area contributed by atoms with E-state index in [2.05, 4.69) is 19.9 Å². The van der Waals surface area contributed by atoms with Gasteiger partial charge in [0, 0.05) is 19.3 Å². The average Bonchev–Trinajstić information content (AvgIpc) is 3.47. The fourth-order valence-corrected chi connectivity index (χ4v) is 9.06. The highest BCUT2D eigenvalue weighted by Crippen LogP contribution is 2.68. The Morgan fingerprint density at radius 1 is 0.933 bits per heavy atom. The summed E-state index contributed by atoms with van der Waals surface area (Å²) in [4.78, 5) is 35.0. The van der Waals surface area contributed by atoms with Crippen LogP contribution in [0.15, 0.2) is 11.6 Å². The van der Waals surface area contributed by atoms with Crippen molar-refractivity contribution in [1.29, 1.82) is 0 Å². The number of carbonyl (C=O) groups excluding carboxylic acids is 1. The zero-order chi connectivity index (χ0) is 20.6. The van der Waals surface area contributed by atoms with E-state index in [1.54, 1.807) is 0 Å². The van der Waals surface area contributed by atoms with Gasteiger partial charge in [-0.2, -0.15) is 0 Å². The van der Waals surface area contributed by atoms with E-state index in [1.165, 1.54) is 31.1 Å². The molecule has 4 aliphatic carbocycles. The molecule has 6 aliphatic rings. The first-order chi connectivity index (χ1) is 14.4. The van der Waals surface area contributed by atoms with Gasteiger partial charge in [0.15, 0.2) is 0 Å². The normalized spacial score (nSPS) is 55.1. The molecule has 5 nitrogen and oxygen atoms in total. The minimum absolute atomic E-state index is 0.147. The Bertz CT molecular complexity index is 749. The van der Waals surface area contributed by atoms with Crippen LogP contribution in [0.25, 0.3) is 0 Å². The maximum atomic E-state index is 12.7. The van der Waals surface area contributed by atoms with Gasteiger partial charge in [-0.3, -0.25) is 0 Å². The first kappa shape index (κ1) is 19.9. The second kappa shape index (κ2) is 6.63. The molecule has 2 heterocycles. The van der Waals surface area contributed by atoms with Crippen molar-refractivity contribution in [2.75, 3.05) is 13.2 Å². The lowest BCUT2D eigenvalue weighted by Gasteiger charge is -2.58. The van der Waals surface area contributed by atoms with E-state index in [9.17, 15) is 4.79 Å². The van der Waals surface area contributed by atoms with Crippen molar-refractivity contribution in [2.45, 2.75) is 89.3 Å². The van der Waals surface area contributed by atoms with E-state index in [4.69, 9.17) is 19.6 Å². The van der Waals surface area contributed by atoms with Gasteiger partial charge < -0.3 is 4.79 Å². The lowest BCUT2D eigenvalue weighted by molar-refractivity contribution is -0.323. The van der Waals surface area contributed by atoms with Gasteiger partial charge in [0.25, 0.3) is 0 Å². The van der Waals surface area contributed by atoms with Crippen LogP contribution in [0, 0.1) is 34.5 Å². The molecule has 5 heteroatoms. The Labute approximate surface area is 179 Å². The molecule has 0 amide bonds. The minimum Gasteiger partial charge on any atom is -0.302 e. The van der Waals surface area contributed by atoms with E-state index in [0.29, 0.717) is 36.9 Å². The Morgan fingerprint density at radius 3 is 2.50 bits per heavy atom. The molecule has 0 bridgehead atoms. The largest absolute Gasteiger partial charge is 0.302 e. The predicted octanol–water partition coefficient (Wildman–Crippen LogP) is 4.95. The zero-order valence-corrected chi connectivity index (χ0v) is 18.5. The summed E-state index contributed by atoms with van der Waals surface area (Å²) in [7, 11) is 0. The quantitative estimate of drug-likeness (QED) is 0.362. The summed E-state index contributed by atoms with van der Waals surface area (Å²) >= 11 is 0. The Balaban J connectivity index is 1.31. The van der Waals surface area contributed by atoms with Gasteiger partial charge in [-0.05, 0) is 81.0 Å². The molecule has 8 atom stereocenters. The first-order valence-corrected chi connectivity index (χ1v) is 12.2. The topological polar surface area (TPSA) is 54.0 Å². The molecule has 166 valence electrons. The minimum atomic E-state index is -0.267. The van der Waals surface area contributed by atoms with E-state index in [-0.39, 0.29) is 22.0 Å². The molecule has 0 aromatic rings. The van der Waals surface area contributed by atoms with Crippen LogP contribution in [-0.4, -0.2) is 30.7 Å². The predicted molar refractivity (Wildman–Crippen MR) is 110 cm³/mol. The summed E-state index contributed by atoms with van der Waals surface area (Å²) in [6.07, 6.45) is 14.4. The molecule has 5 fully saturated rings. The van der Waals surface area contributed by atoms with Crippen LogP contribution in [0.3, 0.4) is 0 Å². The van der Waals surface area contributed by atoms with Crippen LogP contribution in [0.5, 0.6) is 0 Å². The fourth-order valence-electron chi connectivity index (χ4n) is 9.06. The average molecular weight is 417 g/mol. The molecule has 0 aromatic heterocycles. The highest BCUT2D eigenvalue weighted by Gasteiger charge is 2.64. The molecule has 2 saturated heterocycles. The van der Waals surface area contributed by atoms with Crippen molar-refractivity contribution >= 4 is 6.29 Å². The van der Waals surface area contributed by atoms with Crippen molar-refractivity contribution in [3.05, 3.63) is 11.6 Å². The van der Waals surface area contributed by atoms with Crippen LogP contribution >= 0.6 is 0 Å². The standard InChI is InChI=1S/C25H36O5/c1-22-8-7-20-18(19(22)5-6-21(22)23(2)11-13-27-29-23)4-3-17-15-24(12-14-28-30-24)9-10-25(17,20)16-26/h3,16,18-21H,4-15H2,1-2H3/t18-,19-,20-,21-,22-,23?,24?,25+/m0/s1. The van der Waals surface area contributed by atoms with Crippen molar-refractivity contribution < 1.29 is 24.3 Å². The molecular formula is C25H36O5. The van der Waals surface area contributed by atoms with E-state index >= 15 is 0 Å². The summed E-state index contributed by atoms with van der Waals surface area (Å²) in [5, 5.41) is 0. The van der Waals surface area contributed by atoms with Crippen molar-refractivity contribution in [1.82, 2.24) is 0 Å². The second-order valence-corrected chi connectivity index (χ2v) is 11.7. The monoisotopic (exact) mass is 416 g/mol. The summed E-state index contributed by atoms with van der Waals surface area (Å²) in [6, 6.07) is 0. The van der Waals surface area contributed by atoms with Gasteiger partial charge in [0.1, 0.15) is 17.5 Å². The van der Waals surface area contributed by atoms with Crippen molar-refractivity contribution in [3.8, 4) is 0 Å². The molecule has 0 N–H and O–H groups in total. The van der Waals surface area contributed by atoms with Gasteiger partial charge in [0.2, 0.25) is 0 Å². The Hall–Kier alpha value is -0.750. The summed E-state index contributed by atoms with van der Waals surface area (Å²) in [5.41, 5.74) is 1.05. The van der Waals surface area contributed by atoms with Crippen molar-refractivity contribution in [2.24, 2.45) is 34.5 Å². The van der Waals surface area contributed by atoms with E-state index < -0.39 is 0 Å². The second-order valence-electron chi connectivity index (χ2n) is 11.7. The van der Waals surface area contributed by atoms with Crippen LogP contribution in [-0.2, 0) is 24.3 Å². The maximum Gasteiger partial charge on any atom is 0.130 e. The van der Waals surface area contributed by atoms with Crippen molar-refractivity contribution in [3.63, 3.8) is 0 Å². The number of aldehydes is 1. The molecule has 30 heavy (non-hydrogen) atoms. The van der Waals surface area contributed by atoms with Crippen LogP contribution in [0.2, 0.25) is 0 Å². The number of hydrogen-bond acceptors (Lipinski definition) is 5. The molecule has 2 aliphatic heterocycles. The zero-order valence-electron chi connectivity index (χ0n) is 18.5. The fraction of sp³-hybridized carbons (Fsp3) is 0.880. The SMILES string of the molecule is CC1([C@H]2CC[C@H]3[C@@H]4CC=C5CC6(CCOO6)CC[C@]5(C=O)[C@H]4CC[C@]23C)CCOO1. The number of allylic oxidation sites excluding steroid dienone is 1. The maximum absolute atomic E-state index is 12.7. The molecule has 1 spiro atoms. The number of rotatable bonds is 2. The van der Waals surface area contributed by atoms with Gasteiger partial charge >= 0.3 is 0 Å². The number of carbonyl (C=O) groups is 1. The van der Waals surface area contributed by atoms with Gasteiger partial charge in [-0.25, -0.2) is 19.6 Å².